The summed E-state index contributed by atoms with van der Waals surface area (Å²) in [6.45, 7) is 5.10. The molecule has 3 fully saturated rings. The van der Waals surface area contributed by atoms with Gasteiger partial charge >= 0.3 is 0 Å². The van der Waals surface area contributed by atoms with Crippen LogP contribution in [0.25, 0.3) is 0 Å². The van der Waals surface area contributed by atoms with E-state index in [0.717, 1.165) is 31.8 Å². The lowest BCUT2D eigenvalue weighted by Crippen LogP contribution is -2.70. The number of nitrogens with one attached hydrogen (secondary N) is 2. The average molecular weight is 347 g/mol. The number of carbonyl (C=O) groups excluding carboxylic acids is 2. The third-order valence-electron chi connectivity index (χ3n) is 5.52. The molecule has 2 amide bonds. The number of hydrogen-bond acceptors (Lipinski definition) is 5. The monoisotopic (exact) mass is 347 g/mol. The summed E-state index contributed by atoms with van der Waals surface area (Å²) in [5.41, 5.74) is 0. The summed E-state index contributed by atoms with van der Waals surface area (Å²) in [6.07, 6.45) is 3.37. The van der Waals surface area contributed by atoms with E-state index in [0.29, 0.717) is 12.4 Å². The van der Waals surface area contributed by atoms with E-state index in [4.69, 9.17) is 9.15 Å². The van der Waals surface area contributed by atoms with Crippen LogP contribution in [0.4, 0.5) is 0 Å². The van der Waals surface area contributed by atoms with Crippen molar-refractivity contribution < 1.29 is 18.7 Å². The molecular weight excluding hydrogens is 322 g/mol. The van der Waals surface area contributed by atoms with Crippen LogP contribution in [0.5, 0.6) is 0 Å². The lowest BCUT2D eigenvalue weighted by molar-refractivity contribution is -0.124. The second-order valence-corrected chi connectivity index (χ2v) is 7.26. The van der Waals surface area contributed by atoms with Gasteiger partial charge in [-0.15, -0.1) is 0 Å². The van der Waals surface area contributed by atoms with Crippen molar-refractivity contribution in [1.29, 1.82) is 0 Å². The van der Waals surface area contributed by atoms with Gasteiger partial charge in [0.15, 0.2) is 5.76 Å². The summed E-state index contributed by atoms with van der Waals surface area (Å²) >= 11 is 0. The van der Waals surface area contributed by atoms with Gasteiger partial charge in [0.1, 0.15) is 5.76 Å². The van der Waals surface area contributed by atoms with Crippen molar-refractivity contribution in [3.8, 4) is 0 Å². The highest BCUT2D eigenvalue weighted by Crippen LogP contribution is 2.39. The fraction of sp³-hybridized carbons (Fsp3) is 0.667. The molecule has 0 aromatic carbocycles. The minimum Gasteiger partial charge on any atom is -0.455 e. The molecule has 0 bridgehead atoms. The first kappa shape index (κ1) is 16.6. The summed E-state index contributed by atoms with van der Waals surface area (Å²) in [7, 11) is 0. The Balaban J connectivity index is 1.37. The van der Waals surface area contributed by atoms with Crippen LogP contribution in [0.3, 0.4) is 0 Å². The van der Waals surface area contributed by atoms with Gasteiger partial charge in [0.2, 0.25) is 5.91 Å². The smallest absolute Gasteiger partial charge is 0.287 e. The molecule has 1 aromatic heterocycles. The van der Waals surface area contributed by atoms with E-state index in [1.165, 1.54) is 19.8 Å². The van der Waals surface area contributed by atoms with Crippen LogP contribution in [0.1, 0.15) is 42.5 Å². The molecule has 2 N–H and O–H groups in total. The second-order valence-electron chi connectivity index (χ2n) is 7.26. The molecule has 2 saturated heterocycles. The summed E-state index contributed by atoms with van der Waals surface area (Å²) < 4.78 is 11.4. The number of hydrogen-bond donors (Lipinski definition) is 2. The molecule has 7 heteroatoms. The van der Waals surface area contributed by atoms with E-state index in [1.807, 2.05) is 6.07 Å². The first-order chi connectivity index (χ1) is 12.1. The van der Waals surface area contributed by atoms with Crippen LogP contribution in [-0.4, -0.2) is 54.6 Å². The van der Waals surface area contributed by atoms with Crippen LogP contribution in [0, 0.1) is 5.92 Å². The Morgan fingerprint density at radius 3 is 2.76 bits per heavy atom. The number of rotatable bonds is 5. The standard InChI is InChI=1S/C18H25N3O4/c1-11(22)19-16-15(13-6-9-24-17(13)16)20-18(23)14-5-4-12(25-14)10-21-7-2-3-8-21/h4-5,13,15-17H,2-3,6-10H2,1H3,(H,19,22)(H,20,23)/t13-,15+,16-,17-/m1/s1. The molecule has 25 heavy (non-hydrogen) atoms. The molecule has 7 nitrogen and oxygen atoms in total. The SMILES string of the molecule is CC(=O)N[C@@H]1[C@@H](NC(=O)c2ccc(CN3CCCC3)o2)[C@H]2CCO[C@H]21. The highest BCUT2D eigenvalue weighted by atomic mass is 16.5. The number of carbonyl (C=O) groups is 2. The summed E-state index contributed by atoms with van der Waals surface area (Å²) in [5.74, 6) is 1.08. The van der Waals surface area contributed by atoms with E-state index in [1.54, 1.807) is 6.07 Å². The van der Waals surface area contributed by atoms with Crippen LogP contribution >= 0.6 is 0 Å². The Morgan fingerprint density at radius 2 is 2.00 bits per heavy atom. The number of furan rings is 1. The van der Waals surface area contributed by atoms with Crippen molar-refractivity contribution in [2.75, 3.05) is 19.7 Å². The van der Waals surface area contributed by atoms with Gasteiger partial charge in [-0.1, -0.05) is 0 Å². The van der Waals surface area contributed by atoms with E-state index in [2.05, 4.69) is 15.5 Å². The summed E-state index contributed by atoms with van der Waals surface area (Å²) in [4.78, 5) is 26.3. The van der Waals surface area contributed by atoms with E-state index in [-0.39, 0.29) is 35.9 Å². The van der Waals surface area contributed by atoms with Gasteiger partial charge in [-0.3, -0.25) is 14.5 Å². The molecule has 136 valence electrons. The van der Waals surface area contributed by atoms with Gasteiger partial charge in [0.05, 0.1) is 24.7 Å². The molecule has 4 rings (SSSR count). The Labute approximate surface area is 147 Å². The molecule has 2 aliphatic heterocycles. The maximum atomic E-state index is 12.5. The first-order valence-corrected chi connectivity index (χ1v) is 9.12. The third-order valence-corrected chi connectivity index (χ3v) is 5.52. The number of ether oxygens (including phenoxy) is 1. The largest absolute Gasteiger partial charge is 0.455 e. The fourth-order valence-corrected chi connectivity index (χ4v) is 4.28. The van der Waals surface area contributed by atoms with Gasteiger partial charge in [0, 0.05) is 19.4 Å². The normalized spacial score (nSPS) is 31.4. The number of fused-ring (bicyclic) bond motifs is 1. The zero-order chi connectivity index (χ0) is 17.4. The molecule has 1 aromatic rings. The van der Waals surface area contributed by atoms with Crippen molar-refractivity contribution >= 4 is 11.8 Å². The predicted molar refractivity (Wildman–Crippen MR) is 89.9 cm³/mol. The Kier molecular flexibility index (Phi) is 4.52. The Bertz CT molecular complexity index is 653. The zero-order valence-electron chi connectivity index (χ0n) is 14.5. The molecule has 0 radical (unpaired) electrons. The molecule has 0 unspecified atom stereocenters. The van der Waals surface area contributed by atoms with E-state index in [9.17, 15) is 9.59 Å². The van der Waals surface area contributed by atoms with Crippen LogP contribution < -0.4 is 10.6 Å². The van der Waals surface area contributed by atoms with E-state index >= 15 is 0 Å². The third kappa shape index (κ3) is 3.30. The molecule has 4 atom stereocenters. The maximum absolute atomic E-state index is 12.5. The molecule has 0 spiro atoms. The van der Waals surface area contributed by atoms with Crippen molar-refractivity contribution in [2.45, 2.75) is 50.9 Å². The highest BCUT2D eigenvalue weighted by molar-refractivity contribution is 5.92. The van der Waals surface area contributed by atoms with Crippen molar-refractivity contribution in [1.82, 2.24) is 15.5 Å². The minimum absolute atomic E-state index is 0.0107. The fourth-order valence-electron chi connectivity index (χ4n) is 4.28. The minimum atomic E-state index is -0.224. The van der Waals surface area contributed by atoms with Crippen molar-refractivity contribution in [3.63, 3.8) is 0 Å². The lowest BCUT2D eigenvalue weighted by atomic mass is 9.71. The van der Waals surface area contributed by atoms with Gasteiger partial charge in [-0.25, -0.2) is 0 Å². The van der Waals surface area contributed by atoms with E-state index < -0.39 is 0 Å². The van der Waals surface area contributed by atoms with Crippen LogP contribution in [0.2, 0.25) is 0 Å². The first-order valence-electron chi connectivity index (χ1n) is 9.12. The van der Waals surface area contributed by atoms with Crippen LogP contribution in [0.15, 0.2) is 16.5 Å². The number of likely N-dealkylation sites (tertiary alicyclic amines) is 1. The number of amides is 2. The van der Waals surface area contributed by atoms with Crippen molar-refractivity contribution in [3.05, 3.63) is 23.7 Å². The quantitative estimate of drug-likeness (QED) is 0.827. The lowest BCUT2D eigenvalue weighted by Gasteiger charge is -2.47. The highest BCUT2D eigenvalue weighted by Gasteiger charge is 2.55. The predicted octanol–water partition coefficient (Wildman–Crippen LogP) is 0.897. The van der Waals surface area contributed by atoms with Gasteiger partial charge in [-0.2, -0.15) is 0 Å². The van der Waals surface area contributed by atoms with Crippen LogP contribution in [-0.2, 0) is 16.1 Å². The molecular formula is C18H25N3O4. The summed E-state index contributed by atoms with van der Waals surface area (Å²) in [6, 6.07) is 3.35. The maximum Gasteiger partial charge on any atom is 0.287 e. The van der Waals surface area contributed by atoms with Gasteiger partial charge in [-0.05, 0) is 44.5 Å². The molecule has 3 aliphatic rings. The average Bonchev–Trinajstić information content (AvgIpc) is 3.31. The number of nitrogens with zero attached hydrogens (tertiary/aromatic N) is 1. The van der Waals surface area contributed by atoms with Crippen molar-refractivity contribution in [2.24, 2.45) is 5.92 Å². The molecule has 1 aliphatic carbocycles. The zero-order valence-corrected chi connectivity index (χ0v) is 14.5. The topological polar surface area (TPSA) is 83.8 Å². The molecule has 1 saturated carbocycles. The Morgan fingerprint density at radius 1 is 1.20 bits per heavy atom. The molecule has 3 heterocycles. The Hall–Kier alpha value is -1.86. The second kappa shape index (κ2) is 6.80. The summed E-state index contributed by atoms with van der Waals surface area (Å²) in [5, 5.41) is 5.92. The van der Waals surface area contributed by atoms with Gasteiger partial charge < -0.3 is 19.8 Å². The van der Waals surface area contributed by atoms with Gasteiger partial charge in [0.25, 0.3) is 5.91 Å².